The number of hydrogen-bond acceptors (Lipinski definition) is 3. The number of nitrogens with zero attached hydrogens (tertiary/aromatic N) is 1. The highest BCUT2D eigenvalue weighted by molar-refractivity contribution is 5.87. The maximum atomic E-state index is 12.1. The Morgan fingerprint density at radius 1 is 1.44 bits per heavy atom. The van der Waals surface area contributed by atoms with Crippen LogP contribution >= 0.6 is 0 Å². The average Bonchev–Trinajstić information content (AvgIpc) is 2.37. The lowest BCUT2D eigenvalue weighted by molar-refractivity contribution is -0.153. The molecule has 5 nitrogen and oxygen atoms in total. The van der Waals surface area contributed by atoms with Crippen LogP contribution in [0.5, 0.6) is 0 Å². The van der Waals surface area contributed by atoms with E-state index in [-0.39, 0.29) is 5.91 Å². The highest BCUT2D eigenvalue weighted by atomic mass is 16.4. The van der Waals surface area contributed by atoms with E-state index in [2.05, 4.69) is 6.92 Å². The Labute approximate surface area is 108 Å². The van der Waals surface area contributed by atoms with Crippen LogP contribution < -0.4 is 5.73 Å². The topological polar surface area (TPSA) is 83.6 Å². The second-order valence-corrected chi connectivity index (χ2v) is 5.08. The first-order chi connectivity index (χ1) is 8.51. The lowest BCUT2D eigenvalue weighted by Crippen LogP contribution is -2.54. The minimum absolute atomic E-state index is 0.209. The van der Waals surface area contributed by atoms with Crippen LogP contribution in [-0.2, 0) is 9.59 Å². The molecule has 1 heterocycles. The molecule has 1 aliphatic rings. The molecular weight excluding hydrogens is 232 g/mol. The highest BCUT2D eigenvalue weighted by Crippen LogP contribution is 2.26. The van der Waals surface area contributed by atoms with Crippen LogP contribution in [0.15, 0.2) is 0 Å². The van der Waals surface area contributed by atoms with Gasteiger partial charge in [-0.15, -0.1) is 0 Å². The second-order valence-electron chi connectivity index (χ2n) is 5.08. The first-order valence-corrected chi connectivity index (χ1v) is 6.80. The summed E-state index contributed by atoms with van der Waals surface area (Å²) in [4.78, 5) is 24.9. The van der Waals surface area contributed by atoms with Crippen LogP contribution in [0.3, 0.4) is 0 Å². The zero-order chi connectivity index (χ0) is 13.7. The minimum Gasteiger partial charge on any atom is -0.480 e. The van der Waals surface area contributed by atoms with Gasteiger partial charge < -0.3 is 15.7 Å². The lowest BCUT2D eigenvalue weighted by atomic mass is 9.88. The zero-order valence-electron chi connectivity index (χ0n) is 11.3. The lowest BCUT2D eigenvalue weighted by Gasteiger charge is -2.38. The number of carbonyl (C=O) groups excluding carboxylic acids is 1. The molecule has 3 atom stereocenters. The average molecular weight is 256 g/mol. The third-order valence-electron chi connectivity index (χ3n) is 3.77. The minimum atomic E-state index is -0.912. The van der Waals surface area contributed by atoms with Crippen molar-refractivity contribution < 1.29 is 14.7 Å². The SMILES string of the molecule is CCC[C@H](N)C(=O)N1CCC(CC)CC1C(=O)O. The van der Waals surface area contributed by atoms with Gasteiger partial charge in [-0.1, -0.05) is 26.7 Å². The van der Waals surface area contributed by atoms with E-state index in [0.717, 1.165) is 19.3 Å². The fraction of sp³-hybridized carbons (Fsp3) is 0.846. The number of carboxylic acids is 1. The number of amides is 1. The van der Waals surface area contributed by atoms with Crippen LogP contribution in [0.4, 0.5) is 0 Å². The fourth-order valence-corrected chi connectivity index (χ4v) is 2.55. The van der Waals surface area contributed by atoms with Gasteiger partial charge in [-0.05, 0) is 25.2 Å². The summed E-state index contributed by atoms with van der Waals surface area (Å²) in [6.07, 6.45) is 3.84. The first-order valence-electron chi connectivity index (χ1n) is 6.80. The van der Waals surface area contributed by atoms with Crippen LogP contribution in [0.2, 0.25) is 0 Å². The fourth-order valence-electron chi connectivity index (χ4n) is 2.55. The third kappa shape index (κ3) is 3.45. The van der Waals surface area contributed by atoms with Crippen LogP contribution in [0.1, 0.15) is 46.0 Å². The molecule has 1 aliphatic heterocycles. The van der Waals surface area contributed by atoms with E-state index in [9.17, 15) is 14.7 Å². The maximum Gasteiger partial charge on any atom is 0.326 e. The van der Waals surface area contributed by atoms with Crippen molar-refractivity contribution >= 4 is 11.9 Å². The van der Waals surface area contributed by atoms with Crippen LogP contribution in [0, 0.1) is 5.92 Å². The number of hydrogen-bond donors (Lipinski definition) is 2. The summed E-state index contributed by atoms with van der Waals surface area (Å²) >= 11 is 0. The molecule has 0 aliphatic carbocycles. The summed E-state index contributed by atoms with van der Waals surface area (Å²) in [5.74, 6) is -0.721. The molecule has 0 aromatic heterocycles. The molecule has 0 aromatic carbocycles. The summed E-state index contributed by atoms with van der Waals surface area (Å²) in [6.45, 7) is 4.54. The predicted molar refractivity (Wildman–Crippen MR) is 69.0 cm³/mol. The molecule has 18 heavy (non-hydrogen) atoms. The normalized spacial score (nSPS) is 25.8. The van der Waals surface area contributed by atoms with E-state index in [4.69, 9.17) is 5.73 Å². The number of piperidine rings is 1. The standard InChI is InChI=1S/C13H24N2O3/c1-3-5-10(14)12(16)15-7-6-9(4-2)8-11(15)13(17)18/h9-11H,3-8,14H2,1-2H3,(H,17,18)/t9?,10-,11?/m0/s1. The van der Waals surface area contributed by atoms with Gasteiger partial charge in [0.05, 0.1) is 6.04 Å². The largest absolute Gasteiger partial charge is 0.480 e. The number of carbonyl (C=O) groups is 2. The number of aliphatic carboxylic acids is 1. The Kier molecular flexibility index (Phi) is 5.59. The molecule has 0 aromatic rings. The van der Waals surface area contributed by atoms with E-state index in [1.54, 1.807) is 0 Å². The van der Waals surface area contributed by atoms with Gasteiger partial charge in [-0.3, -0.25) is 4.79 Å². The van der Waals surface area contributed by atoms with Crippen molar-refractivity contribution in [2.24, 2.45) is 11.7 Å². The van der Waals surface area contributed by atoms with E-state index < -0.39 is 18.1 Å². The van der Waals surface area contributed by atoms with Gasteiger partial charge in [0.15, 0.2) is 0 Å². The number of likely N-dealkylation sites (tertiary alicyclic amines) is 1. The van der Waals surface area contributed by atoms with Crippen molar-refractivity contribution in [3.05, 3.63) is 0 Å². The van der Waals surface area contributed by atoms with Crippen molar-refractivity contribution in [2.75, 3.05) is 6.54 Å². The van der Waals surface area contributed by atoms with Crippen molar-refractivity contribution in [3.63, 3.8) is 0 Å². The Bertz CT molecular complexity index is 307. The zero-order valence-corrected chi connectivity index (χ0v) is 11.3. The molecule has 2 unspecified atom stereocenters. The summed E-state index contributed by atoms with van der Waals surface area (Å²) in [7, 11) is 0. The molecular formula is C13H24N2O3. The van der Waals surface area contributed by atoms with Crippen molar-refractivity contribution in [1.82, 2.24) is 4.90 Å². The number of rotatable bonds is 5. The molecule has 0 radical (unpaired) electrons. The molecule has 1 amide bonds. The number of nitrogens with two attached hydrogens (primary N) is 1. The van der Waals surface area contributed by atoms with Crippen molar-refractivity contribution in [1.29, 1.82) is 0 Å². The summed E-state index contributed by atoms with van der Waals surface area (Å²) in [5.41, 5.74) is 5.80. The van der Waals surface area contributed by atoms with Gasteiger partial charge in [0.1, 0.15) is 6.04 Å². The Balaban J connectivity index is 2.73. The molecule has 1 fully saturated rings. The maximum absolute atomic E-state index is 12.1. The quantitative estimate of drug-likeness (QED) is 0.774. The molecule has 5 heteroatoms. The first kappa shape index (κ1) is 15.0. The van der Waals surface area contributed by atoms with E-state index >= 15 is 0 Å². The highest BCUT2D eigenvalue weighted by Gasteiger charge is 2.36. The van der Waals surface area contributed by atoms with Gasteiger partial charge in [-0.25, -0.2) is 4.79 Å². The molecule has 0 saturated carbocycles. The Morgan fingerprint density at radius 3 is 2.61 bits per heavy atom. The summed E-state index contributed by atoms with van der Waals surface area (Å²) in [5, 5.41) is 9.25. The smallest absolute Gasteiger partial charge is 0.326 e. The van der Waals surface area contributed by atoms with Gasteiger partial charge in [0.25, 0.3) is 0 Å². The van der Waals surface area contributed by atoms with E-state index in [0.29, 0.717) is 25.3 Å². The van der Waals surface area contributed by atoms with Gasteiger partial charge in [-0.2, -0.15) is 0 Å². The molecule has 104 valence electrons. The Hall–Kier alpha value is -1.10. The summed E-state index contributed by atoms with van der Waals surface area (Å²) in [6, 6.07) is -1.26. The monoisotopic (exact) mass is 256 g/mol. The second kappa shape index (κ2) is 6.73. The molecule has 1 saturated heterocycles. The van der Waals surface area contributed by atoms with E-state index in [1.165, 1.54) is 4.90 Å². The van der Waals surface area contributed by atoms with Crippen molar-refractivity contribution in [3.8, 4) is 0 Å². The Morgan fingerprint density at radius 2 is 2.11 bits per heavy atom. The summed E-state index contributed by atoms with van der Waals surface area (Å²) < 4.78 is 0. The molecule has 3 N–H and O–H groups in total. The molecule has 0 bridgehead atoms. The van der Waals surface area contributed by atoms with Crippen LogP contribution in [-0.4, -0.2) is 40.5 Å². The van der Waals surface area contributed by atoms with Crippen LogP contribution in [0.25, 0.3) is 0 Å². The van der Waals surface area contributed by atoms with Gasteiger partial charge in [0, 0.05) is 6.54 Å². The van der Waals surface area contributed by atoms with Gasteiger partial charge >= 0.3 is 5.97 Å². The third-order valence-corrected chi connectivity index (χ3v) is 3.77. The number of carboxylic acid groups (broad SMARTS) is 1. The predicted octanol–water partition coefficient (Wildman–Crippen LogP) is 1.22. The van der Waals surface area contributed by atoms with E-state index in [1.807, 2.05) is 6.92 Å². The molecule has 0 spiro atoms. The van der Waals surface area contributed by atoms with Gasteiger partial charge in [0.2, 0.25) is 5.91 Å². The van der Waals surface area contributed by atoms with Crippen molar-refractivity contribution in [2.45, 2.75) is 58.0 Å². The molecule has 1 rings (SSSR count).